The smallest absolute Gasteiger partial charge is 0.251 e. The lowest BCUT2D eigenvalue weighted by Gasteiger charge is -2.37. The fraction of sp³-hybridized carbons (Fsp3) is 0.321. The van der Waals surface area contributed by atoms with E-state index in [2.05, 4.69) is 15.3 Å². The minimum absolute atomic E-state index is 0. The van der Waals surface area contributed by atoms with Gasteiger partial charge in [0, 0.05) is 41.1 Å². The summed E-state index contributed by atoms with van der Waals surface area (Å²) in [7, 11) is 0. The van der Waals surface area contributed by atoms with Crippen molar-refractivity contribution < 1.29 is 23.2 Å². The largest absolute Gasteiger partial charge is 0.351 e. The second kappa shape index (κ2) is 11.9. The Hall–Kier alpha value is -3.92. The zero-order valence-corrected chi connectivity index (χ0v) is 20.9. The molecule has 11 heteroatoms. The average molecular weight is 556 g/mol. The van der Waals surface area contributed by atoms with Gasteiger partial charge < -0.3 is 5.32 Å². The molecule has 0 bridgehead atoms. The molecule has 8 nitrogen and oxygen atoms in total. The molecular weight excluding hydrogens is 528 g/mol. The van der Waals surface area contributed by atoms with Gasteiger partial charge in [0.25, 0.3) is 5.91 Å². The van der Waals surface area contributed by atoms with E-state index in [1.54, 1.807) is 30.3 Å². The highest BCUT2D eigenvalue weighted by atomic mass is 35.5. The van der Waals surface area contributed by atoms with Crippen molar-refractivity contribution in [3.8, 4) is 0 Å². The van der Waals surface area contributed by atoms with E-state index in [4.69, 9.17) is 11.6 Å². The number of aromatic nitrogens is 2. The minimum Gasteiger partial charge on any atom is -0.351 e. The molecule has 3 aromatic rings. The van der Waals surface area contributed by atoms with Gasteiger partial charge in [0.1, 0.15) is 24.1 Å². The summed E-state index contributed by atoms with van der Waals surface area (Å²) in [6.45, 7) is 0. The molecule has 1 N–H and O–H groups in total. The van der Waals surface area contributed by atoms with Gasteiger partial charge in [-0.05, 0) is 49.6 Å². The number of hydrogen-bond acceptors (Lipinski definition) is 5. The fourth-order valence-electron chi connectivity index (χ4n) is 4.81. The average Bonchev–Trinajstić information content (AvgIpc) is 3.28. The summed E-state index contributed by atoms with van der Waals surface area (Å²) in [5.41, 5.74) is 0.396. The summed E-state index contributed by atoms with van der Waals surface area (Å²) >= 11 is 6.51. The van der Waals surface area contributed by atoms with E-state index >= 15 is 0 Å². The molecule has 2 aliphatic rings. The SMILES string of the molecule is C.O=C(NC1CC(F)C1)[C@H](c1ccccc1Cl)N(C(=O)[C@@H]1CCC(=O)N1c1ncccn1)c1cccc(F)c1. The molecule has 0 unspecified atom stereocenters. The number of hydrogen-bond donors (Lipinski definition) is 1. The first-order chi connectivity index (χ1) is 18.3. The zero-order chi connectivity index (χ0) is 26.8. The Bertz CT molecular complexity index is 1360. The van der Waals surface area contributed by atoms with Crippen LogP contribution in [0.4, 0.5) is 20.4 Å². The molecule has 1 aliphatic heterocycles. The van der Waals surface area contributed by atoms with Crippen LogP contribution in [0.1, 0.15) is 44.7 Å². The molecule has 0 spiro atoms. The van der Waals surface area contributed by atoms with E-state index in [9.17, 15) is 23.2 Å². The Morgan fingerprint density at radius 1 is 1.08 bits per heavy atom. The maximum Gasteiger partial charge on any atom is 0.251 e. The van der Waals surface area contributed by atoms with E-state index in [1.807, 2.05) is 0 Å². The summed E-state index contributed by atoms with van der Waals surface area (Å²) in [5, 5.41) is 3.02. The monoisotopic (exact) mass is 555 g/mol. The normalized spacial score (nSPS) is 20.9. The molecule has 39 heavy (non-hydrogen) atoms. The summed E-state index contributed by atoms with van der Waals surface area (Å²) in [6, 6.07) is 10.6. The topological polar surface area (TPSA) is 95.5 Å². The molecular formula is C28H28ClF2N5O3. The Kier molecular flexibility index (Phi) is 8.54. The number of alkyl halides is 1. The highest BCUT2D eigenvalue weighted by Crippen LogP contribution is 2.36. The number of anilines is 2. The molecule has 2 heterocycles. The lowest BCUT2D eigenvalue weighted by atomic mass is 9.90. The number of nitrogens with zero attached hydrogens (tertiary/aromatic N) is 4. The van der Waals surface area contributed by atoms with Crippen LogP contribution in [-0.2, 0) is 14.4 Å². The molecule has 1 saturated carbocycles. The van der Waals surface area contributed by atoms with E-state index < -0.39 is 41.9 Å². The van der Waals surface area contributed by atoms with Crippen molar-refractivity contribution in [2.45, 2.75) is 57.4 Å². The Morgan fingerprint density at radius 3 is 2.46 bits per heavy atom. The van der Waals surface area contributed by atoms with E-state index in [0.29, 0.717) is 5.56 Å². The van der Waals surface area contributed by atoms with Gasteiger partial charge in [0.2, 0.25) is 17.8 Å². The van der Waals surface area contributed by atoms with Gasteiger partial charge in [-0.25, -0.2) is 18.7 Å². The quantitative estimate of drug-likeness (QED) is 0.452. The van der Waals surface area contributed by atoms with E-state index in [-0.39, 0.29) is 55.7 Å². The maximum atomic E-state index is 14.4. The standard InChI is InChI=1S/C27H24ClF2N5O3.CH4/c28-21-8-2-1-7-20(21)24(25(37)33-18-13-17(30)14-18)34(19-6-3-5-16(29)15-19)26(38)22-9-10-23(36)35(22)27-31-11-4-12-32-27;/h1-8,11-12,15,17-18,22,24H,9-10,13-14H2,(H,33,37);1H4/t17?,18?,22-,24-;/m0./s1. The van der Waals surface area contributed by atoms with Crippen LogP contribution in [0.2, 0.25) is 5.02 Å². The van der Waals surface area contributed by atoms with Crippen LogP contribution in [0, 0.1) is 5.82 Å². The Labute approximate surface area is 230 Å². The predicted molar refractivity (Wildman–Crippen MR) is 143 cm³/mol. The van der Waals surface area contributed by atoms with Crippen molar-refractivity contribution in [2.75, 3.05) is 9.80 Å². The third-order valence-corrected chi connectivity index (χ3v) is 7.07. The van der Waals surface area contributed by atoms with Crippen LogP contribution >= 0.6 is 11.6 Å². The molecule has 3 amide bonds. The first-order valence-electron chi connectivity index (χ1n) is 12.2. The second-order valence-electron chi connectivity index (χ2n) is 9.25. The van der Waals surface area contributed by atoms with Crippen LogP contribution in [-0.4, -0.2) is 45.9 Å². The van der Waals surface area contributed by atoms with Crippen LogP contribution in [0.25, 0.3) is 0 Å². The molecule has 1 aromatic heterocycles. The van der Waals surface area contributed by atoms with Crippen molar-refractivity contribution in [2.24, 2.45) is 0 Å². The lowest BCUT2D eigenvalue weighted by Crippen LogP contribution is -2.54. The maximum absolute atomic E-state index is 14.4. The number of carbonyl (C=O) groups excluding carboxylic acids is 3. The summed E-state index contributed by atoms with van der Waals surface area (Å²) < 4.78 is 28.0. The summed E-state index contributed by atoms with van der Waals surface area (Å²) in [4.78, 5) is 51.5. The third kappa shape index (κ3) is 5.75. The number of benzene rings is 2. The first-order valence-corrected chi connectivity index (χ1v) is 12.6. The molecule has 204 valence electrons. The number of halogens is 3. The van der Waals surface area contributed by atoms with Gasteiger partial charge in [0.05, 0.1) is 0 Å². The van der Waals surface area contributed by atoms with Crippen LogP contribution in [0.3, 0.4) is 0 Å². The molecule has 2 fully saturated rings. The number of rotatable bonds is 7. The van der Waals surface area contributed by atoms with E-state index in [1.165, 1.54) is 35.5 Å². The highest BCUT2D eigenvalue weighted by molar-refractivity contribution is 6.31. The molecule has 2 atom stereocenters. The van der Waals surface area contributed by atoms with Gasteiger partial charge in [-0.1, -0.05) is 43.3 Å². The van der Waals surface area contributed by atoms with Crippen molar-refractivity contribution in [3.05, 3.63) is 83.4 Å². The van der Waals surface area contributed by atoms with Gasteiger partial charge in [-0.2, -0.15) is 0 Å². The molecule has 1 saturated heterocycles. The highest BCUT2D eigenvalue weighted by Gasteiger charge is 2.45. The zero-order valence-electron chi connectivity index (χ0n) is 20.1. The Morgan fingerprint density at radius 2 is 1.79 bits per heavy atom. The number of nitrogens with one attached hydrogen (secondary N) is 1. The van der Waals surface area contributed by atoms with Gasteiger partial charge in [0.15, 0.2) is 0 Å². The van der Waals surface area contributed by atoms with E-state index in [0.717, 1.165) is 11.0 Å². The first kappa shape index (κ1) is 28.1. The molecule has 5 rings (SSSR count). The van der Waals surface area contributed by atoms with Crippen LogP contribution in [0.5, 0.6) is 0 Å². The van der Waals surface area contributed by atoms with Gasteiger partial charge in [-0.3, -0.25) is 24.2 Å². The molecule has 1 aliphatic carbocycles. The molecule has 2 aromatic carbocycles. The van der Waals surface area contributed by atoms with Gasteiger partial charge in [-0.15, -0.1) is 0 Å². The van der Waals surface area contributed by atoms with Crippen molar-refractivity contribution >= 4 is 41.0 Å². The molecule has 0 radical (unpaired) electrons. The van der Waals surface area contributed by atoms with Gasteiger partial charge >= 0.3 is 0 Å². The van der Waals surface area contributed by atoms with Crippen LogP contribution in [0.15, 0.2) is 67.0 Å². The number of carbonyl (C=O) groups is 3. The summed E-state index contributed by atoms with van der Waals surface area (Å²) in [6.07, 6.45) is 2.42. The van der Waals surface area contributed by atoms with Crippen molar-refractivity contribution in [1.29, 1.82) is 0 Å². The third-order valence-electron chi connectivity index (χ3n) is 6.72. The summed E-state index contributed by atoms with van der Waals surface area (Å²) in [5.74, 6) is -2.15. The fourth-order valence-corrected chi connectivity index (χ4v) is 5.05. The Balaban J connectivity index is 0.00000353. The lowest BCUT2D eigenvalue weighted by molar-refractivity contribution is -0.128. The predicted octanol–water partition coefficient (Wildman–Crippen LogP) is 4.79. The van der Waals surface area contributed by atoms with Crippen molar-refractivity contribution in [1.82, 2.24) is 15.3 Å². The second-order valence-corrected chi connectivity index (χ2v) is 9.66. The van der Waals surface area contributed by atoms with Crippen molar-refractivity contribution in [3.63, 3.8) is 0 Å². The van der Waals surface area contributed by atoms with Crippen LogP contribution < -0.4 is 15.1 Å². The number of amides is 3. The minimum atomic E-state index is -1.33.